The molecule has 0 aromatic carbocycles. The van der Waals surface area contributed by atoms with Gasteiger partial charge in [-0.1, -0.05) is 27.4 Å². The number of likely N-dealkylation sites (tertiary alicyclic amines) is 1. The Hall–Kier alpha value is -2.15. The SMILES string of the molecule is C=CC(=O)N1CC(O)(CNC(=O)c2cnn(CC(C)C)c2CC)C1. The summed E-state index contributed by atoms with van der Waals surface area (Å²) in [6.45, 7) is 10.9. The van der Waals surface area contributed by atoms with E-state index in [1.807, 2.05) is 11.6 Å². The monoisotopic (exact) mass is 334 g/mol. The van der Waals surface area contributed by atoms with Gasteiger partial charge in [-0.2, -0.15) is 5.10 Å². The fourth-order valence-corrected chi connectivity index (χ4v) is 2.88. The molecule has 7 heteroatoms. The third-order valence-electron chi connectivity index (χ3n) is 4.10. The van der Waals surface area contributed by atoms with Gasteiger partial charge in [-0.05, 0) is 18.4 Å². The molecule has 2 rings (SSSR count). The van der Waals surface area contributed by atoms with Crippen LogP contribution in [-0.4, -0.2) is 56.8 Å². The van der Waals surface area contributed by atoms with E-state index >= 15 is 0 Å². The Kier molecular flexibility index (Phi) is 5.43. The highest BCUT2D eigenvalue weighted by Gasteiger charge is 2.43. The van der Waals surface area contributed by atoms with E-state index in [-0.39, 0.29) is 31.4 Å². The lowest BCUT2D eigenvalue weighted by atomic mass is 9.94. The highest BCUT2D eigenvalue weighted by Crippen LogP contribution is 2.20. The molecular weight excluding hydrogens is 308 g/mol. The first-order valence-electron chi connectivity index (χ1n) is 8.26. The molecule has 1 fully saturated rings. The fraction of sp³-hybridized carbons (Fsp3) is 0.588. The van der Waals surface area contributed by atoms with Crippen LogP contribution in [0.2, 0.25) is 0 Å². The average molecular weight is 334 g/mol. The van der Waals surface area contributed by atoms with Crippen molar-refractivity contribution in [3.8, 4) is 0 Å². The highest BCUT2D eigenvalue weighted by molar-refractivity contribution is 5.95. The number of carbonyl (C=O) groups excluding carboxylic acids is 2. The second-order valence-corrected chi connectivity index (χ2v) is 6.74. The summed E-state index contributed by atoms with van der Waals surface area (Å²) in [4.78, 5) is 25.3. The molecule has 2 N–H and O–H groups in total. The van der Waals surface area contributed by atoms with E-state index in [1.54, 1.807) is 6.20 Å². The van der Waals surface area contributed by atoms with Gasteiger partial charge in [-0.3, -0.25) is 14.3 Å². The van der Waals surface area contributed by atoms with Gasteiger partial charge < -0.3 is 15.3 Å². The predicted octanol–water partition coefficient (Wildman–Crippen LogP) is 0.591. The molecule has 1 aromatic rings. The zero-order chi connectivity index (χ0) is 17.9. The summed E-state index contributed by atoms with van der Waals surface area (Å²) >= 11 is 0. The molecule has 0 spiro atoms. The summed E-state index contributed by atoms with van der Waals surface area (Å²) in [6.07, 6.45) is 3.51. The number of nitrogens with zero attached hydrogens (tertiary/aromatic N) is 3. The lowest BCUT2D eigenvalue weighted by Gasteiger charge is -2.46. The number of β-amino-alcohol motifs (C(OH)–C–C–N with tert-alkyl or cyclic N) is 1. The number of nitrogens with one attached hydrogen (secondary N) is 1. The molecule has 1 saturated heterocycles. The highest BCUT2D eigenvalue weighted by atomic mass is 16.3. The predicted molar refractivity (Wildman–Crippen MR) is 90.5 cm³/mol. The average Bonchev–Trinajstić information content (AvgIpc) is 2.91. The maximum absolute atomic E-state index is 12.4. The maximum Gasteiger partial charge on any atom is 0.254 e. The normalized spacial score (nSPS) is 16.0. The largest absolute Gasteiger partial charge is 0.384 e. The topological polar surface area (TPSA) is 87.5 Å². The van der Waals surface area contributed by atoms with Crippen LogP contribution in [0.5, 0.6) is 0 Å². The van der Waals surface area contributed by atoms with Crippen LogP contribution in [0.25, 0.3) is 0 Å². The van der Waals surface area contributed by atoms with Crippen molar-refractivity contribution < 1.29 is 14.7 Å². The standard InChI is InChI=1S/C17H26N4O3/c1-5-14-13(7-19-21(14)8-12(3)4)16(23)18-9-17(24)10-20(11-17)15(22)6-2/h6-7,12,24H,2,5,8-11H2,1,3-4H3,(H,18,23). The van der Waals surface area contributed by atoms with Gasteiger partial charge in [0, 0.05) is 6.54 Å². The molecule has 0 unspecified atom stereocenters. The molecule has 0 saturated carbocycles. The van der Waals surface area contributed by atoms with E-state index in [4.69, 9.17) is 0 Å². The molecule has 132 valence electrons. The van der Waals surface area contributed by atoms with Gasteiger partial charge in [0.25, 0.3) is 5.91 Å². The van der Waals surface area contributed by atoms with Crippen LogP contribution < -0.4 is 5.32 Å². The van der Waals surface area contributed by atoms with Gasteiger partial charge in [0.05, 0.1) is 37.1 Å². The number of hydrogen-bond donors (Lipinski definition) is 2. The van der Waals surface area contributed by atoms with Gasteiger partial charge >= 0.3 is 0 Å². The Morgan fingerprint density at radius 1 is 1.50 bits per heavy atom. The number of aliphatic hydroxyl groups is 1. The molecule has 1 aromatic heterocycles. The van der Waals surface area contributed by atoms with Crippen molar-refractivity contribution in [3.05, 3.63) is 30.1 Å². The minimum Gasteiger partial charge on any atom is -0.384 e. The summed E-state index contributed by atoms with van der Waals surface area (Å²) in [5.41, 5.74) is 0.361. The van der Waals surface area contributed by atoms with Gasteiger partial charge in [0.15, 0.2) is 0 Å². The number of carbonyl (C=O) groups is 2. The lowest BCUT2D eigenvalue weighted by molar-refractivity contribution is -0.148. The number of amides is 2. The molecule has 2 amide bonds. The molecule has 1 aliphatic rings. The summed E-state index contributed by atoms with van der Waals surface area (Å²) in [7, 11) is 0. The van der Waals surface area contributed by atoms with Gasteiger partial charge in [0.2, 0.25) is 5.91 Å². The second-order valence-electron chi connectivity index (χ2n) is 6.74. The van der Waals surface area contributed by atoms with E-state index < -0.39 is 5.60 Å². The quantitative estimate of drug-likeness (QED) is 0.715. The third kappa shape index (κ3) is 3.84. The van der Waals surface area contributed by atoms with Crippen LogP contribution in [0.15, 0.2) is 18.9 Å². The van der Waals surface area contributed by atoms with Crippen LogP contribution in [0, 0.1) is 5.92 Å². The van der Waals surface area contributed by atoms with E-state index in [9.17, 15) is 14.7 Å². The number of aromatic nitrogens is 2. The summed E-state index contributed by atoms with van der Waals surface area (Å²) in [6, 6.07) is 0. The Bertz CT molecular complexity index is 630. The lowest BCUT2D eigenvalue weighted by Crippen LogP contribution is -2.67. The molecule has 0 bridgehead atoms. The summed E-state index contributed by atoms with van der Waals surface area (Å²) in [5, 5.41) is 17.4. The van der Waals surface area contributed by atoms with Crippen molar-refractivity contribution in [3.63, 3.8) is 0 Å². The van der Waals surface area contributed by atoms with E-state index in [1.165, 1.54) is 11.0 Å². The molecule has 7 nitrogen and oxygen atoms in total. The fourth-order valence-electron chi connectivity index (χ4n) is 2.88. The first-order chi connectivity index (χ1) is 11.3. The van der Waals surface area contributed by atoms with Crippen molar-refractivity contribution in [2.24, 2.45) is 5.92 Å². The van der Waals surface area contributed by atoms with Gasteiger partial charge in [-0.25, -0.2) is 0 Å². The Morgan fingerprint density at radius 2 is 2.17 bits per heavy atom. The molecule has 24 heavy (non-hydrogen) atoms. The number of hydrogen-bond acceptors (Lipinski definition) is 4. The Balaban J connectivity index is 1.95. The van der Waals surface area contributed by atoms with Crippen LogP contribution in [-0.2, 0) is 17.8 Å². The molecule has 1 aliphatic heterocycles. The Labute approximate surface area is 142 Å². The molecule has 0 atom stereocenters. The van der Waals surface area contributed by atoms with E-state index in [0.717, 1.165) is 12.2 Å². The second kappa shape index (κ2) is 7.17. The van der Waals surface area contributed by atoms with Crippen molar-refractivity contribution in [1.29, 1.82) is 0 Å². The molecule has 0 aliphatic carbocycles. The van der Waals surface area contributed by atoms with E-state index in [2.05, 4.69) is 30.8 Å². The first kappa shape index (κ1) is 18.2. The number of rotatable bonds is 7. The van der Waals surface area contributed by atoms with Crippen molar-refractivity contribution >= 4 is 11.8 Å². The summed E-state index contributed by atoms with van der Waals surface area (Å²) in [5.74, 6) is -0.0202. The molecule has 2 heterocycles. The van der Waals surface area contributed by atoms with Crippen LogP contribution in [0.4, 0.5) is 0 Å². The van der Waals surface area contributed by atoms with Crippen molar-refractivity contribution in [2.45, 2.75) is 39.3 Å². The van der Waals surface area contributed by atoms with Gasteiger partial charge in [0.1, 0.15) is 5.60 Å². The minimum atomic E-state index is -1.07. The zero-order valence-electron chi connectivity index (χ0n) is 14.6. The van der Waals surface area contributed by atoms with Crippen LogP contribution in [0.1, 0.15) is 36.8 Å². The van der Waals surface area contributed by atoms with E-state index in [0.29, 0.717) is 17.9 Å². The van der Waals surface area contributed by atoms with Crippen LogP contribution >= 0.6 is 0 Å². The van der Waals surface area contributed by atoms with Crippen molar-refractivity contribution in [2.75, 3.05) is 19.6 Å². The van der Waals surface area contributed by atoms with Gasteiger partial charge in [-0.15, -0.1) is 0 Å². The summed E-state index contributed by atoms with van der Waals surface area (Å²) < 4.78 is 1.86. The molecular formula is C17H26N4O3. The minimum absolute atomic E-state index is 0.102. The third-order valence-corrected chi connectivity index (χ3v) is 4.10. The first-order valence-corrected chi connectivity index (χ1v) is 8.26. The van der Waals surface area contributed by atoms with Crippen molar-refractivity contribution in [1.82, 2.24) is 20.0 Å². The van der Waals surface area contributed by atoms with Crippen LogP contribution in [0.3, 0.4) is 0 Å². The maximum atomic E-state index is 12.4. The Morgan fingerprint density at radius 3 is 2.71 bits per heavy atom. The zero-order valence-corrected chi connectivity index (χ0v) is 14.6. The smallest absolute Gasteiger partial charge is 0.254 e. The molecule has 0 radical (unpaired) electrons.